The minimum atomic E-state index is 0.604. The second-order valence-corrected chi connectivity index (χ2v) is 5.77. The van der Waals surface area contributed by atoms with E-state index in [0.29, 0.717) is 10.8 Å². The van der Waals surface area contributed by atoms with Crippen LogP contribution in [0.3, 0.4) is 0 Å². The van der Waals surface area contributed by atoms with Crippen molar-refractivity contribution >= 4 is 11.8 Å². The Bertz CT molecular complexity index is 165. The first-order valence-corrected chi connectivity index (χ1v) is 6.48. The SMILES string of the molecule is CC.CN1C[C@]2(C)CSC[C@]2(C)C1. The summed E-state index contributed by atoms with van der Waals surface area (Å²) in [5, 5.41) is 0. The third kappa shape index (κ3) is 1.75. The Balaban J connectivity index is 0.000000396. The molecule has 0 aromatic carbocycles. The van der Waals surface area contributed by atoms with E-state index >= 15 is 0 Å². The van der Waals surface area contributed by atoms with Gasteiger partial charge < -0.3 is 4.90 Å². The lowest BCUT2D eigenvalue weighted by Crippen LogP contribution is -2.34. The van der Waals surface area contributed by atoms with Gasteiger partial charge in [0.15, 0.2) is 0 Å². The first-order valence-electron chi connectivity index (χ1n) is 5.32. The summed E-state index contributed by atoms with van der Waals surface area (Å²) in [6.45, 7) is 11.5. The van der Waals surface area contributed by atoms with Crippen LogP contribution in [-0.4, -0.2) is 36.5 Å². The van der Waals surface area contributed by atoms with Gasteiger partial charge in [0, 0.05) is 24.6 Å². The van der Waals surface area contributed by atoms with E-state index in [2.05, 4.69) is 37.6 Å². The molecule has 0 aliphatic carbocycles. The van der Waals surface area contributed by atoms with Crippen LogP contribution in [0.5, 0.6) is 0 Å². The van der Waals surface area contributed by atoms with Gasteiger partial charge in [-0.1, -0.05) is 27.7 Å². The molecule has 2 heterocycles. The van der Waals surface area contributed by atoms with Crippen LogP contribution in [0.1, 0.15) is 27.7 Å². The van der Waals surface area contributed by atoms with Crippen molar-refractivity contribution in [3.8, 4) is 0 Å². The van der Waals surface area contributed by atoms with Gasteiger partial charge in [-0.15, -0.1) is 0 Å². The maximum absolute atomic E-state index is 2.49. The van der Waals surface area contributed by atoms with E-state index in [4.69, 9.17) is 0 Å². The number of hydrogen-bond acceptors (Lipinski definition) is 2. The molecule has 0 aromatic rings. The third-order valence-corrected chi connectivity index (χ3v) is 5.22. The van der Waals surface area contributed by atoms with Crippen LogP contribution in [0.15, 0.2) is 0 Å². The van der Waals surface area contributed by atoms with Crippen LogP contribution in [0.2, 0.25) is 0 Å². The highest BCUT2D eigenvalue weighted by atomic mass is 32.2. The third-order valence-electron chi connectivity index (χ3n) is 3.54. The summed E-state index contributed by atoms with van der Waals surface area (Å²) in [6.07, 6.45) is 0. The van der Waals surface area contributed by atoms with Crippen LogP contribution in [0, 0.1) is 10.8 Å². The molecule has 13 heavy (non-hydrogen) atoms. The maximum atomic E-state index is 2.49. The molecule has 0 unspecified atom stereocenters. The van der Waals surface area contributed by atoms with Crippen LogP contribution < -0.4 is 0 Å². The van der Waals surface area contributed by atoms with Gasteiger partial charge in [-0.05, 0) is 17.9 Å². The number of nitrogens with zero attached hydrogens (tertiary/aromatic N) is 1. The Hall–Kier alpha value is 0.310. The number of likely N-dealkylation sites (tertiary alicyclic amines) is 1. The van der Waals surface area contributed by atoms with Crippen molar-refractivity contribution < 1.29 is 0 Å². The molecule has 2 aliphatic heterocycles. The molecule has 2 aliphatic rings. The second kappa shape index (κ2) is 3.82. The van der Waals surface area contributed by atoms with Crippen molar-refractivity contribution in [2.45, 2.75) is 27.7 Å². The molecule has 0 aromatic heterocycles. The monoisotopic (exact) mass is 201 g/mol. The molecular formula is C11H23NS. The number of fused-ring (bicyclic) bond motifs is 1. The van der Waals surface area contributed by atoms with Gasteiger partial charge >= 0.3 is 0 Å². The summed E-state index contributed by atoms with van der Waals surface area (Å²) < 4.78 is 0. The van der Waals surface area contributed by atoms with E-state index in [9.17, 15) is 0 Å². The molecule has 0 N–H and O–H groups in total. The lowest BCUT2D eigenvalue weighted by Gasteiger charge is -2.31. The van der Waals surface area contributed by atoms with Crippen LogP contribution >= 0.6 is 11.8 Å². The van der Waals surface area contributed by atoms with Crippen molar-refractivity contribution in [2.24, 2.45) is 10.8 Å². The minimum Gasteiger partial charge on any atom is -0.305 e. The van der Waals surface area contributed by atoms with Crippen molar-refractivity contribution in [3.63, 3.8) is 0 Å². The standard InChI is InChI=1S/C9H17NS.C2H6/c1-8-4-10(3)5-9(8,2)7-11-6-8;1-2/h4-7H2,1-3H3;1-2H3/t8-,9+;. The summed E-state index contributed by atoms with van der Waals surface area (Å²) in [4.78, 5) is 2.49. The fourth-order valence-electron chi connectivity index (χ4n) is 2.57. The molecule has 2 heteroatoms. The molecule has 2 rings (SSSR count). The normalized spacial score (nSPS) is 44.1. The van der Waals surface area contributed by atoms with E-state index in [-0.39, 0.29) is 0 Å². The molecule has 0 spiro atoms. The van der Waals surface area contributed by atoms with Crippen molar-refractivity contribution in [1.29, 1.82) is 0 Å². The molecule has 0 bridgehead atoms. The van der Waals surface area contributed by atoms with E-state index in [1.807, 2.05) is 13.8 Å². The molecule has 0 saturated carbocycles. The van der Waals surface area contributed by atoms with Crippen LogP contribution in [0.25, 0.3) is 0 Å². The lowest BCUT2D eigenvalue weighted by atomic mass is 9.71. The quantitative estimate of drug-likeness (QED) is 0.593. The molecule has 2 atom stereocenters. The first-order chi connectivity index (χ1) is 6.06. The Morgan fingerprint density at radius 1 is 1.00 bits per heavy atom. The Morgan fingerprint density at radius 3 is 1.77 bits per heavy atom. The predicted molar refractivity (Wildman–Crippen MR) is 62.4 cm³/mol. The highest BCUT2D eigenvalue weighted by Crippen LogP contribution is 2.54. The Labute approximate surface area is 87.3 Å². The van der Waals surface area contributed by atoms with Gasteiger partial charge in [-0.3, -0.25) is 0 Å². The molecule has 2 fully saturated rings. The average molecular weight is 201 g/mol. The lowest BCUT2D eigenvalue weighted by molar-refractivity contribution is 0.212. The molecule has 78 valence electrons. The van der Waals surface area contributed by atoms with E-state index in [0.717, 1.165) is 0 Å². The summed E-state index contributed by atoms with van der Waals surface area (Å²) in [7, 11) is 2.25. The van der Waals surface area contributed by atoms with Gasteiger partial charge in [0.05, 0.1) is 0 Å². The van der Waals surface area contributed by atoms with Crippen molar-refractivity contribution in [3.05, 3.63) is 0 Å². The van der Waals surface area contributed by atoms with E-state index in [1.165, 1.54) is 24.6 Å². The van der Waals surface area contributed by atoms with Gasteiger partial charge in [0.1, 0.15) is 0 Å². The van der Waals surface area contributed by atoms with Gasteiger partial charge in [0.25, 0.3) is 0 Å². The van der Waals surface area contributed by atoms with Gasteiger partial charge in [0.2, 0.25) is 0 Å². The zero-order valence-corrected chi connectivity index (χ0v) is 10.5. The maximum Gasteiger partial charge on any atom is 0.00464 e. The smallest absolute Gasteiger partial charge is 0.00464 e. The molecule has 1 nitrogen and oxygen atoms in total. The Morgan fingerprint density at radius 2 is 1.38 bits per heavy atom. The first kappa shape index (κ1) is 11.4. The summed E-state index contributed by atoms with van der Waals surface area (Å²) in [6, 6.07) is 0. The van der Waals surface area contributed by atoms with E-state index < -0.39 is 0 Å². The van der Waals surface area contributed by atoms with Crippen molar-refractivity contribution in [1.82, 2.24) is 4.90 Å². The molecular weight excluding hydrogens is 178 g/mol. The number of thioether (sulfide) groups is 1. The predicted octanol–water partition coefficient (Wildman–Crippen LogP) is 2.72. The summed E-state index contributed by atoms with van der Waals surface area (Å²) in [5.41, 5.74) is 1.21. The second-order valence-electron chi connectivity index (χ2n) is 4.79. The Kier molecular flexibility index (Phi) is 3.34. The topological polar surface area (TPSA) is 3.24 Å². The number of rotatable bonds is 0. The minimum absolute atomic E-state index is 0.604. The van der Waals surface area contributed by atoms with Gasteiger partial charge in [-0.25, -0.2) is 0 Å². The van der Waals surface area contributed by atoms with Crippen molar-refractivity contribution in [2.75, 3.05) is 31.6 Å². The molecule has 0 radical (unpaired) electrons. The molecule has 0 amide bonds. The summed E-state index contributed by atoms with van der Waals surface area (Å²) in [5.74, 6) is 2.74. The fourth-order valence-corrected chi connectivity index (χ4v) is 4.45. The average Bonchev–Trinajstić information content (AvgIpc) is 2.40. The highest BCUT2D eigenvalue weighted by Gasteiger charge is 2.54. The summed E-state index contributed by atoms with van der Waals surface area (Å²) >= 11 is 2.14. The molecule has 2 saturated heterocycles. The zero-order chi connectivity index (χ0) is 10.1. The van der Waals surface area contributed by atoms with Crippen LogP contribution in [-0.2, 0) is 0 Å². The number of hydrogen-bond donors (Lipinski definition) is 0. The zero-order valence-electron chi connectivity index (χ0n) is 9.68. The van der Waals surface area contributed by atoms with Gasteiger partial charge in [-0.2, -0.15) is 11.8 Å². The largest absolute Gasteiger partial charge is 0.305 e. The van der Waals surface area contributed by atoms with E-state index in [1.54, 1.807) is 0 Å². The fraction of sp³-hybridized carbons (Fsp3) is 1.00. The van der Waals surface area contributed by atoms with Crippen LogP contribution in [0.4, 0.5) is 0 Å². The highest BCUT2D eigenvalue weighted by molar-refractivity contribution is 7.99.